The summed E-state index contributed by atoms with van der Waals surface area (Å²) in [5.41, 5.74) is 0.679. The van der Waals surface area contributed by atoms with Crippen LogP contribution in [-0.2, 0) is 4.74 Å². The van der Waals surface area contributed by atoms with Gasteiger partial charge in [-0.15, -0.1) is 0 Å². The molecular formula is C22H36N2O3. The lowest BCUT2D eigenvalue weighted by molar-refractivity contribution is 0.0780. The number of carbonyl (C=O) groups excluding carboxylic acids is 1. The summed E-state index contributed by atoms with van der Waals surface area (Å²) in [6.07, 6.45) is 8.79. The van der Waals surface area contributed by atoms with Crippen LogP contribution in [0.15, 0.2) is 24.3 Å². The number of unbranched alkanes of at least 4 members (excludes halogenated alkanes) is 4. The predicted octanol–water partition coefficient (Wildman–Crippen LogP) is 5.31. The Labute approximate surface area is 164 Å². The molecule has 0 radical (unpaired) electrons. The number of amides is 1. The van der Waals surface area contributed by atoms with Gasteiger partial charge in [-0.3, -0.25) is 5.32 Å². The van der Waals surface area contributed by atoms with Gasteiger partial charge in [0.25, 0.3) is 0 Å². The second-order valence-electron chi connectivity index (χ2n) is 7.78. The van der Waals surface area contributed by atoms with Crippen LogP contribution in [-0.4, -0.2) is 44.3 Å². The molecule has 0 unspecified atom stereocenters. The largest absolute Gasteiger partial charge is 0.491 e. The molecule has 5 nitrogen and oxygen atoms in total. The minimum atomic E-state index is -0.385. The second-order valence-corrected chi connectivity index (χ2v) is 7.78. The molecule has 1 aliphatic carbocycles. The molecule has 1 amide bonds. The van der Waals surface area contributed by atoms with Gasteiger partial charge in [-0.25, -0.2) is 4.79 Å². The van der Waals surface area contributed by atoms with Gasteiger partial charge in [0.1, 0.15) is 11.9 Å². The first-order valence-corrected chi connectivity index (χ1v) is 10.4. The zero-order valence-electron chi connectivity index (χ0n) is 17.2. The van der Waals surface area contributed by atoms with Crippen molar-refractivity contribution >= 4 is 11.8 Å². The van der Waals surface area contributed by atoms with Crippen molar-refractivity contribution in [2.45, 2.75) is 64.4 Å². The summed E-state index contributed by atoms with van der Waals surface area (Å²) >= 11 is 0. The number of benzene rings is 1. The Morgan fingerprint density at radius 3 is 2.70 bits per heavy atom. The highest BCUT2D eigenvalue weighted by atomic mass is 16.6. The number of nitrogens with one attached hydrogen (secondary N) is 1. The molecule has 0 heterocycles. The third-order valence-electron chi connectivity index (χ3n) is 5.08. The van der Waals surface area contributed by atoms with E-state index in [-0.39, 0.29) is 12.2 Å². The van der Waals surface area contributed by atoms with Gasteiger partial charge in [-0.2, -0.15) is 0 Å². The maximum Gasteiger partial charge on any atom is 0.412 e. The smallest absolute Gasteiger partial charge is 0.412 e. The maximum atomic E-state index is 12.4. The Morgan fingerprint density at radius 2 is 1.93 bits per heavy atom. The third-order valence-corrected chi connectivity index (χ3v) is 5.08. The highest BCUT2D eigenvalue weighted by Gasteiger charge is 2.30. The van der Waals surface area contributed by atoms with Crippen molar-refractivity contribution in [3.63, 3.8) is 0 Å². The van der Waals surface area contributed by atoms with Crippen molar-refractivity contribution in [1.29, 1.82) is 0 Å². The monoisotopic (exact) mass is 376 g/mol. The zero-order valence-corrected chi connectivity index (χ0v) is 17.2. The molecule has 0 aliphatic heterocycles. The maximum absolute atomic E-state index is 12.4. The van der Waals surface area contributed by atoms with Crippen molar-refractivity contribution in [2.24, 2.45) is 5.92 Å². The molecule has 1 aliphatic rings. The fraction of sp³-hybridized carbons (Fsp3) is 0.682. The van der Waals surface area contributed by atoms with Crippen LogP contribution >= 0.6 is 0 Å². The number of hydrogen-bond donors (Lipinski definition) is 1. The molecule has 2 rings (SSSR count). The summed E-state index contributed by atoms with van der Waals surface area (Å²) in [6.45, 7) is 3.84. The number of para-hydroxylation sites is 2. The lowest BCUT2D eigenvalue weighted by Gasteiger charge is -2.23. The van der Waals surface area contributed by atoms with Crippen LogP contribution in [0, 0.1) is 5.92 Å². The van der Waals surface area contributed by atoms with E-state index in [0.29, 0.717) is 24.0 Å². The molecule has 1 saturated carbocycles. The number of rotatable bonds is 11. The van der Waals surface area contributed by atoms with E-state index in [4.69, 9.17) is 9.47 Å². The van der Waals surface area contributed by atoms with Crippen LogP contribution in [0.4, 0.5) is 10.5 Å². The van der Waals surface area contributed by atoms with Gasteiger partial charge in [-0.1, -0.05) is 44.7 Å². The van der Waals surface area contributed by atoms with E-state index >= 15 is 0 Å². The number of anilines is 1. The fourth-order valence-corrected chi connectivity index (χ4v) is 3.70. The molecule has 1 aromatic rings. The van der Waals surface area contributed by atoms with Gasteiger partial charge < -0.3 is 14.4 Å². The van der Waals surface area contributed by atoms with Crippen LogP contribution in [0.1, 0.15) is 58.3 Å². The van der Waals surface area contributed by atoms with E-state index in [1.165, 1.54) is 25.7 Å². The minimum absolute atomic E-state index is 0.000883. The van der Waals surface area contributed by atoms with Crippen LogP contribution in [0.3, 0.4) is 0 Å². The predicted molar refractivity (Wildman–Crippen MR) is 110 cm³/mol. The van der Waals surface area contributed by atoms with Crippen LogP contribution < -0.4 is 10.1 Å². The third kappa shape index (κ3) is 7.79. The Balaban J connectivity index is 1.81. The molecule has 27 heavy (non-hydrogen) atoms. The SMILES string of the molecule is CCCCCCCOc1ccccc1NC(=O)O[C@@H]1CCC[C@H]1CN(C)C. The summed E-state index contributed by atoms with van der Waals surface area (Å²) in [4.78, 5) is 14.6. The van der Waals surface area contributed by atoms with Crippen molar-refractivity contribution in [3.8, 4) is 5.75 Å². The quantitative estimate of drug-likeness (QED) is 0.531. The zero-order chi connectivity index (χ0) is 19.5. The molecular weight excluding hydrogens is 340 g/mol. The number of hydrogen-bond acceptors (Lipinski definition) is 4. The average molecular weight is 377 g/mol. The first-order valence-electron chi connectivity index (χ1n) is 10.4. The van der Waals surface area contributed by atoms with Crippen LogP contribution in [0.25, 0.3) is 0 Å². The molecule has 0 bridgehead atoms. The van der Waals surface area contributed by atoms with E-state index in [2.05, 4.69) is 31.2 Å². The van der Waals surface area contributed by atoms with Gasteiger partial charge in [0.05, 0.1) is 12.3 Å². The number of nitrogens with zero attached hydrogens (tertiary/aromatic N) is 1. The second kappa shape index (κ2) is 11.9. The average Bonchev–Trinajstić information content (AvgIpc) is 3.05. The topological polar surface area (TPSA) is 50.8 Å². The number of ether oxygens (including phenoxy) is 2. The molecule has 152 valence electrons. The van der Waals surface area contributed by atoms with E-state index in [9.17, 15) is 4.79 Å². The summed E-state index contributed by atoms with van der Waals surface area (Å²) in [5, 5.41) is 2.87. The molecule has 1 N–H and O–H groups in total. The first kappa shape index (κ1) is 21.5. The lowest BCUT2D eigenvalue weighted by atomic mass is 10.1. The Morgan fingerprint density at radius 1 is 1.15 bits per heavy atom. The van der Waals surface area contributed by atoms with Crippen LogP contribution in [0.2, 0.25) is 0 Å². The van der Waals surface area contributed by atoms with Crippen molar-refractivity contribution in [1.82, 2.24) is 4.90 Å². The highest BCUT2D eigenvalue weighted by molar-refractivity contribution is 5.86. The standard InChI is InChI=1S/C22H36N2O3/c1-4-5-6-7-10-16-26-21-14-9-8-13-19(21)23-22(25)27-20-15-11-12-18(20)17-24(2)3/h8-9,13-14,18,20H,4-7,10-12,15-17H2,1-3H3,(H,23,25)/t18-,20+/m0/s1. The lowest BCUT2D eigenvalue weighted by Crippen LogP contribution is -2.31. The van der Waals surface area contributed by atoms with E-state index in [1.807, 2.05) is 24.3 Å². The van der Waals surface area contributed by atoms with E-state index in [0.717, 1.165) is 32.2 Å². The molecule has 5 heteroatoms. The molecule has 2 atom stereocenters. The Bertz CT molecular complexity index is 562. The summed E-state index contributed by atoms with van der Waals surface area (Å²) in [5.74, 6) is 1.13. The molecule has 0 saturated heterocycles. The van der Waals surface area contributed by atoms with Gasteiger partial charge in [0.2, 0.25) is 0 Å². The van der Waals surface area contributed by atoms with Gasteiger partial charge in [0, 0.05) is 12.5 Å². The first-order chi connectivity index (χ1) is 13.1. The molecule has 0 spiro atoms. The van der Waals surface area contributed by atoms with Gasteiger partial charge in [-0.05, 0) is 51.9 Å². The highest BCUT2D eigenvalue weighted by Crippen LogP contribution is 2.30. The molecule has 1 aromatic carbocycles. The Kier molecular flexibility index (Phi) is 9.46. The van der Waals surface area contributed by atoms with Crippen molar-refractivity contribution in [2.75, 3.05) is 32.6 Å². The molecule has 0 aromatic heterocycles. The van der Waals surface area contributed by atoms with Gasteiger partial charge >= 0.3 is 6.09 Å². The minimum Gasteiger partial charge on any atom is -0.491 e. The van der Waals surface area contributed by atoms with E-state index < -0.39 is 0 Å². The normalized spacial score (nSPS) is 19.3. The fourth-order valence-electron chi connectivity index (χ4n) is 3.70. The van der Waals surface area contributed by atoms with Crippen molar-refractivity contribution < 1.29 is 14.3 Å². The van der Waals surface area contributed by atoms with E-state index in [1.54, 1.807) is 0 Å². The van der Waals surface area contributed by atoms with Gasteiger partial charge in [0.15, 0.2) is 0 Å². The van der Waals surface area contributed by atoms with Crippen LogP contribution in [0.5, 0.6) is 5.75 Å². The summed E-state index contributed by atoms with van der Waals surface area (Å²) < 4.78 is 11.6. The summed E-state index contributed by atoms with van der Waals surface area (Å²) in [7, 11) is 4.12. The number of carbonyl (C=O) groups is 1. The molecule has 1 fully saturated rings. The summed E-state index contributed by atoms with van der Waals surface area (Å²) in [6, 6.07) is 7.58. The Hall–Kier alpha value is -1.75. The van der Waals surface area contributed by atoms with Crippen molar-refractivity contribution in [3.05, 3.63) is 24.3 Å².